The molecule has 7 nitrogen and oxygen atoms in total. The van der Waals surface area contributed by atoms with Gasteiger partial charge >= 0.3 is 12.0 Å². The average Bonchev–Trinajstić information content (AvgIpc) is 2.79. The van der Waals surface area contributed by atoms with Gasteiger partial charge in [-0.25, -0.2) is 9.59 Å². The van der Waals surface area contributed by atoms with Crippen molar-refractivity contribution in [2.24, 2.45) is 7.05 Å². The van der Waals surface area contributed by atoms with Gasteiger partial charge in [0.1, 0.15) is 0 Å². The summed E-state index contributed by atoms with van der Waals surface area (Å²) in [4.78, 5) is 25.8. The highest BCUT2D eigenvalue weighted by Crippen LogP contribution is 2.22. The number of hydrogen-bond donors (Lipinski definition) is 1. The second kappa shape index (κ2) is 6.60. The van der Waals surface area contributed by atoms with Gasteiger partial charge < -0.3 is 15.0 Å². The lowest BCUT2D eigenvalue weighted by atomic mass is 10.1. The number of nitrogens with zero attached hydrogens (tertiary/aromatic N) is 3. The molecule has 1 aliphatic heterocycles. The maximum absolute atomic E-state index is 12.1. The van der Waals surface area contributed by atoms with Gasteiger partial charge in [0.05, 0.1) is 18.8 Å². The van der Waals surface area contributed by atoms with Crippen LogP contribution < -0.4 is 5.32 Å². The fourth-order valence-corrected chi connectivity index (χ4v) is 2.47. The first-order chi connectivity index (χ1) is 10.1. The minimum atomic E-state index is -0.385. The molecule has 0 atom stereocenters. The van der Waals surface area contributed by atoms with Gasteiger partial charge in [-0.2, -0.15) is 5.10 Å². The Kier molecular flexibility index (Phi) is 4.82. The zero-order valence-corrected chi connectivity index (χ0v) is 12.8. The third-order valence-corrected chi connectivity index (χ3v) is 3.48. The molecule has 1 aliphatic rings. The van der Waals surface area contributed by atoms with E-state index in [-0.39, 0.29) is 12.0 Å². The number of rotatable bonds is 4. The lowest BCUT2D eigenvalue weighted by molar-refractivity contribution is 0.0511. The molecule has 0 saturated carbocycles. The van der Waals surface area contributed by atoms with Crippen molar-refractivity contribution < 1.29 is 14.3 Å². The molecular weight excluding hydrogens is 272 g/mol. The van der Waals surface area contributed by atoms with Gasteiger partial charge in [-0.15, -0.1) is 0 Å². The minimum Gasteiger partial charge on any atom is -0.461 e. The summed E-state index contributed by atoms with van der Waals surface area (Å²) in [6.07, 6.45) is 1.55. The van der Waals surface area contributed by atoms with Crippen LogP contribution in [0.4, 0.5) is 4.79 Å². The molecule has 0 spiro atoms. The van der Waals surface area contributed by atoms with Crippen molar-refractivity contribution in [2.45, 2.75) is 33.2 Å². The Balaban J connectivity index is 2.18. The first-order valence-electron chi connectivity index (χ1n) is 7.33. The fraction of sp³-hybridized carbons (Fsp3) is 0.643. The van der Waals surface area contributed by atoms with Gasteiger partial charge in [0, 0.05) is 32.1 Å². The zero-order chi connectivity index (χ0) is 15.4. The Morgan fingerprint density at radius 3 is 2.81 bits per heavy atom. The number of carbonyl (C=O) groups is 2. The molecule has 0 aliphatic carbocycles. The fourth-order valence-electron chi connectivity index (χ4n) is 2.47. The predicted molar refractivity (Wildman–Crippen MR) is 77.0 cm³/mol. The minimum absolute atomic E-state index is 0.0961. The highest BCUT2D eigenvalue weighted by atomic mass is 16.5. The summed E-state index contributed by atoms with van der Waals surface area (Å²) in [7, 11) is 1.73. The largest absolute Gasteiger partial charge is 0.461 e. The maximum atomic E-state index is 12.1. The lowest BCUT2D eigenvalue weighted by Gasteiger charge is -2.26. The first-order valence-corrected chi connectivity index (χ1v) is 7.33. The number of fused-ring (bicyclic) bond motifs is 1. The van der Waals surface area contributed by atoms with Gasteiger partial charge in [0.15, 0.2) is 5.69 Å². The van der Waals surface area contributed by atoms with Crippen LogP contribution in [0.5, 0.6) is 0 Å². The molecule has 2 heterocycles. The third kappa shape index (κ3) is 3.17. The van der Waals surface area contributed by atoms with Gasteiger partial charge in [0.2, 0.25) is 0 Å². The van der Waals surface area contributed by atoms with E-state index in [2.05, 4.69) is 10.4 Å². The molecule has 2 rings (SSSR count). The number of aryl methyl sites for hydroxylation is 1. The van der Waals surface area contributed by atoms with Crippen LogP contribution in [0.25, 0.3) is 0 Å². The van der Waals surface area contributed by atoms with Crippen LogP contribution in [0.15, 0.2) is 0 Å². The SMILES string of the molecule is CCCNC(=O)N1CCc2nn(C)c(C(=O)OCC)c2C1. The Morgan fingerprint density at radius 1 is 1.38 bits per heavy atom. The maximum Gasteiger partial charge on any atom is 0.356 e. The number of hydrogen-bond acceptors (Lipinski definition) is 4. The summed E-state index contributed by atoms with van der Waals surface area (Å²) in [6.45, 7) is 5.76. The van der Waals surface area contributed by atoms with Crippen LogP contribution in [0.3, 0.4) is 0 Å². The molecule has 2 amide bonds. The molecular formula is C14H22N4O3. The second-order valence-electron chi connectivity index (χ2n) is 5.02. The summed E-state index contributed by atoms with van der Waals surface area (Å²) in [5.41, 5.74) is 2.12. The lowest BCUT2D eigenvalue weighted by Crippen LogP contribution is -2.43. The summed E-state index contributed by atoms with van der Waals surface area (Å²) in [5, 5.41) is 7.22. The van der Waals surface area contributed by atoms with Crippen LogP contribution in [0, 0.1) is 0 Å². The van der Waals surface area contributed by atoms with E-state index in [0.29, 0.717) is 38.4 Å². The smallest absolute Gasteiger partial charge is 0.356 e. The van der Waals surface area contributed by atoms with E-state index in [1.165, 1.54) is 0 Å². The van der Waals surface area contributed by atoms with Crippen molar-refractivity contribution in [2.75, 3.05) is 19.7 Å². The number of nitrogens with one attached hydrogen (secondary N) is 1. The highest BCUT2D eigenvalue weighted by molar-refractivity contribution is 5.90. The predicted octanol–water partition coefficient (Wildman–Crippen LogP) is 1.07. The normalized spacial score (nSPS) is 13.8. The van der Waals surface area contributed by atoms with Crippen LogP contribution in [0.1, 0.15) is 42.0 Å². The number of urea groups is 1. The van der Waals surface area contributed by atoms with E-state index in [4.69, 9.17) is 4.74 Å². The number of aromatic nitrogens is 2. The molecule has 21 heavy (non-hydrogen) atoms. The molecule has 0 aromatic carbocycles. The molecule has 0 radical (unpaired) electrons. The Labute approximate surface area is 124 Å². The average molecular weight is 294 g/mol. The first kappa shape index (κ1) is 15.3. The molecule has 1 N–H and O–H groups in total. The van der Waals surface area contributed by atoms with E-state index >= 15 is 0 Å². The summed E-state index contributed by atoms with van der Waals surface area (Å²) in [5.74, 6) is -0.385. The summed E-state index contributed by atoms with van der Waals surface area (Å²) in [6, 6.07) is -0.0961. The Morgan fingerprint density at radius 2 is 2.14 bits per heavy atom. The Bertz CT molecular complexity index is 539. The molecule has 1 aromatic rings. The number of carbonyl (C=O) groups excluding carboxylic acids is 2. The second-order valence-corrected chi connectivity index (χ2v) is 5.02. The monoisotopic (exact) mass is 294 g/mol. The topological polar surface area (TPSA) is 76.5 Å². The van der Waals surface area contributed by atoms with E-state index in [1.54, 1.807) is 23.6 Å². The van der Waals surface area contributed by atoms with Gasteiger partial charge in [-0.3, -0.25) is 4.68 Å². The third-order valence-electron chi connectivity index (χ3n) is 3.48. The quantitative estimate of drug-likeness (QED) is 0.843. The number of ether oxygens (including phenoxy) is 1. The van der Waals surface area contributed by atoms with Crippen molar-refractivity contribution in [3.05, 3.63) is 17.0 Å². The number of esters is 1. The van der Waals surface area contributed by atoms with Crippen molar-refractivity contribution in [1.29, 1.82) is 0 Å². The standard InChI is InChI=1S/C14H22N4O3/c1-4-7-15-14(20)18-8-6-11-10(9-18)12(17(3)16-11)13(19)21-5-2/h4-9H2,1-3H3,(H,15,20). The van der Waals surface area contributed by atoms with Crippen LogP contribution in [0.2, 0.25) is 0 Å². The van der Waals surface area contributed by atoms with E-state index in [1.807, 2.05) is 6.92 Å². The highest BCUT2D eigenvalue weighted by Gasteiger charge is 2.29. The van der Waals surface area contributed by atoms with Crippen molar-refractivity contribution in [1.82, 2.24) is 20.0 Å². The van der Waals surface area contributed by atoms with Crippen molar-refractivity contribution in [3.8, 4) is 0 Å². The molecule has 1 aromatic heterocycles. The molecule has 0 unspecified atom stereocenters. The van der Waals surface area contributed by atoms with E-state index in [9.17, 15) is 9.59 Å². The van der Waals surface area contributed by atoms with Crippen molar-refractivity contribution >= 4 is 12.0 Å². The molecule has 0 saturated heterocycles. The van der Waals surface area contributed by atoms with Crippen molar-refractivity contribution in [3.63, 3.8) is 0 Å². The molecule has 0 fully saturated rings. The molecule has 116 valence electrons. The van der Waals surface area contributed by atoms with E-state index in [0.717, 1.165) is 17.7 Å². The van der Waals surface area contributed by atoms with Gasteiger partial charge in [-0.05, 0) is 13.3 Å². The van der Waals surface area contributed by atoms with Crippen LogP contribution in [-0.4, -0.2) is 46.4 Å². The van der Waals surface area contributed by atoms with Crippen LogP contribution >= 0.6 is 0 Å². The summed E-state index contributed by atoms with van der Waals surface area (Å²) < 4.78 is 6.63. The molecule has 0 bridgehead atoms. The van der Waals surface area contributed by atoms with Gasteiger partial charge in [-0.1, -0.05) is 6.92 Å². The Hall–Kier alpha value is -2.05. The van der Waals surface area contributed by atoms with Gasteiger partial charge in [0.25, 0.3) is 0 Å². The molecule has 7 heteroatoms. The van der Waals surface area contributed by atoms with Crippen LogP contribution in [-0.2, 0) is 24.8 Å². The van der Waals surface area contributed by atoms with E-state index < -0.39 is 0 Å². The number of amides is 2. The summed E-state index contributed by atoms with van der Waals surface area (Å²) >= 11 is 0. The zero-order valence-electron chi connectivity index (χ0n) is 12.8.